The predicted molar refractivity (Wildman–Crippen MR) is 81.2 cm³/mol. The molecule has 108 valence electrons. The van der Waals surface area contributed by atoms with E-state index in [9.17, 15) is 8.42 Å². The van der Waals surface area contributed by atoms with E-state index in [2.05, 4.69) is 10.3 Å². The second-order valence-electron chi connectivity index (χ2n) is 4.14. The summed E-state index contributed by atoms with van der Waals surface area (Å²) in [4.78, 5) is 4.02. The Morgan fingerprint density at radius 2 is 2.21 bits per heavy atom. The first kappa shape index (κ1) is 16.3. The fourth-order valence-corrected chi connectivity index (χ4v) is 4.26. The fourth-order valence-electron chi connectivity index (χ4n) is 1.79. The number of hydrogen-bond donors (Lipinski definition) is 1. The van der Waals surface area contributed by atoms with Gasteiger partial charge in [0.25, 0.3) is 10.0 Å². The molecule has 19 heavy (non-hydrogen) atoms. The maximum absolute atomic E-state index is 12.6. The summed E-state index contributed by atoms with van der Waals surface area (Å²) in [6.45, 7) is 1.99. The van der Waals surface area contributed by atoms with Gasteiger partial charge in [-0.25, -0.2) is 13.4 Å². The number of nitrogens with one attached hydrogen (secondary N) is 1. The van der Waals surface area contributed by atoms with E-state index in [0.717, 1.165) is 12.2 Å². The van der Waals surface area contributed by atoms with Crippen LogP contribution in [0.15, 0.2) is 23.4 Å². The third-order valence-electron chi connectivity index (χ3n) is 3.01. The zero-order valence-electron chi connectivity index (χ0n) is 11.8. The monoisotopic (exact) mass is 303 g/mol. The molecule has 0 aliphatic carbocycles. The third-order valence-corrected chi connectivity index (χ3v) is 5.60. The Morgan fingerprint density at radius 1 is 1.53 bits per heavy atom. The molecule has 1 heterocycles. The summed E-state index contributed by atoms with van der Waals surface area (Å²) in [6, 6.07) is 3.40. The minimum atomic E-state index is -3.57. The van der Waals surface area contributed by atoms with Crippen LogP contribution in [0.2, 0.25) is 0 Å². The lowest BCUT2D eigenvalue weighted by atomic mass is 10.3. The minimum absolute atomic E-state index is 0.0216. The third kappa shape index (κ3) is 3.61. The number of nitrogens with zero attached hydrogens (tertiary/aromatic N) is 2. The molecule has 0 saturated heterocycles. The summed E-state index contributed by atoms with van der Waals surface area (Å²) in [5.41, 5.74) is 0.522. The van der Waals surface area contributed by atoms with Crippen molar-refractivity contribution in [2.45, 2.75) is 24.4 Å². The van der Waals surface area contributed by atoms with Gasteiger partial charge in [-0.2, -0.15) is 16.1 Å². The zero-order chi connectivity index (χ0) is 14.5. The topological polar surface area (TPSA) is 62.3 Å². The van der Waals surface area contributed by atoms with E-state index in [4.69, 9.17) is 0 Å². The first-order valence-corrected chi connectivity index (χ1v) is 8.92. The number of hydrogen-bond acceptors (Lipinski definition) is 5. The number of pyridine rings is 1. The molecule has 0 aliphatic rings. The van der Waals surface area contributed by atoms with Crippen molar-refractivity contribution in [1.29, 1.82) is 0 Å². The number of aromatic nitrogens is 1. The van der Waals surface area contributed by atoms with Crippen LogP contribution in [-0.2, 0) is 10.0 Å². The van der Waals surface area contributed by atoms with Crippen molar-refractivity contribution >= 4 is 27.5 Å². The molecule has 0 spiro atoms. The average Bonchev–Trinajstić information content (AvgIpc) is 2.43. The van der Waals surface area contributed by atoms with Crippen LogP contribution in [0.4, 0.5) is 5.69 Å². The van der Waals surface area contributed by atoms with E-state index >= 15 is 0 Å². The molecule has 0 amide bonds. The van der Waals surface area contributed by atoms with Crippen LogP contribution >= 0.6 is 11.8 Å². The van der Waals surface area contributed by atoms with E-state index in [1.54, 1.807) is 38.0 Å². The first-order chi connectivity index (χ1) is 8.98. The molecule has 0 bridgehead atoms. The van der Waals surface area contributed by atoms with Crippen molar-refractivity contribution in [2.75, 3.05) is 31.4 Å². The smallest absolute Gasteiger partial charge is 0.262 e. The van der Waals surface area contributed by atoms with Crippen molar-refractivity contribution in [3.63, 3.8) is 0 Å². The maximum atomic E-state index is 12.6. The van der Waals surface area contributed by atoms with Crippen molar-refractivity contribution in [3.05, 3.63) is 18.3 Å². The van der Waals surface area contributed by atoms with Gasteiger partial charge in [-0.1, -0.05) is 6.92 Å². The molecule has 1 unspecified atom stereocenters. The number of sulfonamides is 1. The second kappa shape index (κ2) is 7.12. The Balaban J connectivity index is 3.15. The van der Waals surface area contributed by atoms with E-state index < -0.39 is 10.0 Å². The molecule has 0 radical (unpaired) electrons. The van der Waals surface area contributed by atoms with E-state index in [0.29, 0.717) is 5.69 Å². The highest BCUT2D eigenvalue weighted by Crippen LogP contribution is 2.23. The van der Waals surface area contributed by atoms with E-state index in [1.807, 2.05) is 13.2 Å². The van der Waals surface area contributed by atoms with Gasteiger partial charge in [0.2, 0.25) is 0 Å². The molecule has 1 aromatic rings. The van der Waals surface area contributed by atoms with Gasteiger partial charge in [-0.3, -0.25) is 0 Å². The SMILES string of the molecule is CCC(CSC)N(C)S(=O)(=O)c1ncccc1NC. The molecule has 5 nitrogen and oxygen atoms in total. The molecular formula is C12H21N3O2S2. The molecule has 0 aliphatic heterocycles. The molecule has 1 aromatic heterocycles. The predicted octanol–water partition coefficient (Wildman–Crippen LogP) is 1.89. The number of anilines is 1. The van der Waals surface area contributed by atoms with Crippen LogP contribution in [0.5, 0.6) is 0 Å². The van der Waals surface area contributed by atoms with E-state index in [1.165, 1.54) is 10.5 Å². The molecule has 0 saturated carbocycles. The number of thioether (sulfide) groups is 1. The van der Waals surface area contributed by atoms with Crippen LogP contribution in [0.25, 0.3) is 0 Å². The Labute approximate surface area is 119 Å². The molecule has 0 aromatic carbocycles. The highest BCUT2D eigenvalue weighted by molar-refractivity contribution is 7.98. The van der Waals surface area contributed by atoms with Crippen molar-refractivity contribution in [1.82, 2.24) is 9.29 Å². The first-order valence-electron chi connectivity index (χ1n) is 6.08. The van der Waals surface area contributed by atoms with E-state index in [-0.39, 0.29) is 11.1 Å². The zero-order valence-corrected chi connectivity index (χ0v) is 13.4. The standard InChI is InChI=1S/C12H21N3O2S2/c1-5-10(9-18-4)15(3)19(16,17)12-11(13-2)7-6-8-14-12/h6-8,10,13H,5,9H2,1-4H3. The molecule has 1 atom stereocenters. The largest absolute Gasteiger partial charge is 0.386 e. The molecule has 1 N–H and O–H groups in total. The highest BCUT2D eigenvalue weighted by Gasteiger charge is 2.29. The van der Waals surface area contributed by atoms with Crippen LogP contribution in [0, 0.1) is 0 Å². The minimum Gasteiger partial charge on any atom is -0.386 e. The van der Waals surface area contributed by atoms with Gasteiger partial charge in [-0.05, 0) is 24.8 Å². The van der Waals surface area contributed by atoms with Crippen molar-refractivity contribution in [2.24, 2.45) is 0 Å². The lowest BCUT2D eigenvalue weighted by Gasteiger charge is -2.26. The van der Waals surface area contributed by atoms with Crippen molar-refractivity contribution in [3.8, 4) is 0 Å². The maximum Gasteiger partial charge on any atom is 0.262 e. The van der Waals surface area contributed by atoms with Crippen LogP contribution < -0.4 is 5.32 Å². The summed E-state index contributed by atoms with van der Waals surface area (Å²) < 4.78 is 26.6. The van der Waals surface area contributed by atoms with Gasteiger partial charge in [-0.15, -0.1) is 0 Å². The highest BCUT2D eigenvalue weighted by atomic mass is 32.2. The van der Waals surface area contributed by atoms with Gasteiger partial charge in [0.05, 0.1) is 5.69 Å². The normalized spacial score (nSPS) is 13.5. The van der Waals surface area contributed by atoms with Gasteiger partial charge < -0.3 is 5.32 Å². The lowest BCUT2D eigenvalue weighted by Crippen LogP contribution is -2.38. The van der Waals surface area contributed by atoms with Gasteiger partial charge in [0.15, 0.2) is 5.03 Å². The van der Waals surface area contributed by atoms with Gasteiger partial charge in [0, 0.05) is 32.1 Å². The average molecular weight is 303 g/mol. The second-order valence-corrected chi connectivity index (χ2v) is 6.97. The quantitative estimate of drug-likeness (QED) is 0.833. The Kier molecular flexibility index (Phi) is 6.09. The van der Waals surface area contributed by atoms with Crippen molar-refractivity contribution < 1.29 is 8.42 Å². The fraction of sp³-hybridized carbons (Fsp3) is 0.583. The Bertz CT molecular complexity index is 505. The summed E-state index contributed by atoms with van der Waals surface area (Å²) >= 11 is 1.64. The molecule has 0 fully saturated rings. The summed E-state index contributed by atoms with van der Waals surface area (Å²) in [5.74, 6) is 0.772. The molecule has 7 heteroatoms. The van der Waals surface area contributed by atoms with Crippen LogP contribution in [-0.4, -0.2) is 49.9 Å². The van der Waals surface area contributed by atoms with Gasteiger partial charge >= 0.3 is 0 Å². The Hall–Kier alpha value is -0.790. The summed E-state index contributed by atoms with van der Waals surface area (Å²) in [6.07, 6.45) is 4.25. The number of rotatable bonds is 7. The lowest BCUT2D eigenvalue weighted by molar-refractivity contribution is 0.384. The van der Waals surface area contributed by atoms with Gasteiger partial charge in [0.1, 0.15) is 0 Å². The summed E-state index contributed by atoms with van der Waals surface area (Å²) in [7, 11) is -0.260. The summed E-state index contributed by atoms with van der Waals surface area (Å²) in [5, 5.41) is 2.95. The molecular weight excluding hydrogens is 282 g/mol. The van der Waals surface area contributed by atoms with Crippen LogP contribution in [0.1, 0.15) is 13.3 Å². The van der Waals surface area contributed by atoms with Crippen LogP contribution in [0.3, 0.4) is 0 Å². The molecule has 1 rings (SSSR count). The Morgan fingerprint density at radius 3 is 2.74 bits per heavy atom.